The third-order valence-electron chi connectivity index (χ3n) is 6.81. The van der Waals surface area contributed by atoms with Gasteiger partial charge in [0.1, 0.15) is 0 Å². The fourth-order valence-electron chi connectivity index (χ4n) is 4.32. The Bertz CT molecular complexity index is 457. The van der Waals surface area contributed by atoms with E-state index < -0.39 is 0 Å². The lowest BCUT2D eigenvalue weighted by Crippen LogP contribution is -1.80. The highest BCUT2D eigenvalue weighted by Gasteiger charge is 1.92. The fourth-order valence-corrected chi connectivity index (χ4v) is 4.32. The summed E-state index contributed by atoms with van der Waals surface area (Å²) in [6, 6.07) is 0. The quantitative estimate of drug-likeness (QED) is 0.0777. The number of hydrogen-bond acceptors (Lipinski definition) is 2. The van der Waals surface area contributed by atoms with Crippen molar-refractivity contribution in [2.75, 3.05) is 13.2 Å². The lowest BCUT2D eigenvalue weighted by Gasteiger charge is -2.00. The molecule has 0 atom stereocenters. The van der Waals surface area contributed by atoms with Crippen molar-refractivity contribution in [1.82, 2.24) is 0 Å². The molecule has 0 aliphatic carbocycles. The number of aliphatic hydroxyl groups excluding tert-OH is 2. The van der Waals surface area contributed by atoms with Gasteiger partial charge in [0, 0.05) is 0 Å². The molecule has 0 heterocycles. The molecule has 0 saturated carbocycles. The maximum Gasteiger partial charge on any atom is 0.0612 e. The second kappa shape index (κ2) is 40.4. The van der Waals surface area contributed by atoms with E-state index in [2.05, 4.69) is 50.3 Å². The second-order valence-corrected chi connectivity index (χ2v) is 10.6. The van der Waals surface area contributed by atoms with E-state index in [-0.39, 0.29) is 13.2 Å². The molecule has 38 heavy (non-hydrogen) atoms. The molecule has 2 N–H and O–H groups in total. The van der Waals surface area contributed by atoms with Crippen molar-refractivity contribution in [3.05, 3.63) is 48.6 Å². The highest BCUT2D eigenvalue weighted by atomic mass is 16.3. The minimum Gasteiger partial charge on any atom is -0.392 e. The van der Waals surface area contributed by atoms with Crippen molar-refractivity contribution >= 4 is 0 Å². The Labute approximate surface area is 239 Å². The van der Waals surface area contributed by atoms with Gasteiger partial charge in [-0.15, -0.1) is 0 Å². The molecule has 0 rings (SSSR count). The normalized spacial score (nSPS) is 11.9. The van der Waals surface area contributed by atoms with E-state index in [1.54, 1.807) is 0 Å². The summed E-state index contributed by atoms with van der Waals surface area (Å²) in [6.45, 7) is 4.87. The smallest absolute Gasteiger partial charge is 0.0612 e. The summed E-state index contributed by atoms with van der Waals surface area (Å²) in [6.07, 6.45) is 49.0. The van der Waals surface area contributed by atoms with E-state index in [0.717, 1.165) is 12.8 Å². The van der Waals surface area contributed by atoms with Crippen LogP contribution in [0.25, 0.3) is 0 Å². The van der Waals surface area contributed by atoms with Crippen molar-refractivity contribution in [3.63, 3.8) is 0 Å². The van der Waals surface area contributed by atoms with Gasteiger partial charge in [0.05, 0.1) is 13.2 Å². The predicted molar refractivity (Wildman–Crippen MR) is 173 cm³/mol. The standard InChI is InChI=1S/2C18H34O/c2*1-2-3-4-5-6-7-8-9-10-11-12-13-14-15-16-17-18-19/h2*5-6,16-17,19H,2-4,7-15,18H2,1H3/b2*6-5-,17-16+. The van der Waals surface area contributed by atoms with Crippen LogP contribution in [-0.4, -0.2) is 23.4 Å². The van der Waals surface area contributed by atoms with Crippen LogP contribution >= 0.6 is 0 Å². The Kier molecular flexibility index (Phi) is 41.5. The molecule has 0 aromatic heterocycles. The molecular weight excluding hydrogens is 464 g/mol. The first-order valence-electron chi connectivity index (χ1n) is 16.6. The van der Waals surface area contributed by atoms with Crippen molar-refractivity contribution in [2.45, 2.75) is 168 Å². The van der Waals surface area contributed by atoms with E-state index in [0.29, 0.717) is 0 Å². The van der Waals surface area contributed by atoms with Crippen LogP contribution in [0.5, 0.6) is 0 Å². The van der Waals surface area contributed by atoms with Crippen LogP contribution in [0.1, 0.15) is 168 Å². The number of allylic oxidation sites excluding steroid dienone is 6. The molecule has 0 aromatic rings. The van der Waals surface area contributed by atoms with Crippen LogP contribution in [-0.2, 0) is 0 Å². The van der Waals surface area contributed by atoms with E-state index in [1.807, 2.05) is 12.2 Å². The molecule has 224 valence electrons. The Balaban J connectivity index is 0. The number of unbranched alkanes of at least 4 members (excludes halogenated alkanes) is 20. The average Bonchev–Trinajstić information content (AvgIpc) is 2.93. The molecule has 0 saturated heterocycles. The molecule has 0 aliphatic heterocycles. The van der Waals surface area contributed by atoms with Crippen molar-refractivity contribution < 1.29 is 10.2 Å². The van der Waals surface area contributed by atoms with Crippen LogP contribution in [0.15, 0.2) is 48.6 Å². The lowest BCUT2D eigenvalue weighted by molar-refractivity contribution is 0.342. The van der Waals surface area contributed by atoms with Gasteiger partial charge < -0.3 is 10.2 Å². The summed E-state index contributed by atoms with van der Waals surface area (Å²) in [5, 5.41) is 17.2. The largest absolute Gasteiger partial charge is 0.392 e. The molecule has 0 aliphatic rings. The Morgan fingerprint density at radius 2 is 0.500 bits per heavy atom. The summed E-state index contributed by atoms with van der Waals surface area (Å²) < 4.78 is 0. The number of hydrogen-bond donors (Lipinski definition) is 2. The first-order chi connectivity index (χ1) is 18.8. The summed E-state index contributed by atoms with van der Waals surface area (Å²) >= 11 is 0. The van der Waals surface area contributed by atoms with Gasteiger partial charge in [0.2, 0.25) is 0 Å². The van der Waals surface area contributed by atoms with Crippen LogP contribution in [0.4, 0.5) is 0 Å². The molecule has 0 unspecified atom stereocenters. The molecule has 2 nitrogen and oxygen atoms in total. The third-order valence-corrected chi connectivity index (χ3v) is 6.81. The van der Waals surface area contributed by atoms with Crippen molar-refractivity contribution in [3.8, 4) is 0 Å². The van der Waals surface area contributed by atoms with Crippen LogP contribution in [0.3, 0.4) is 0 Å². The molecule has 0 aromatic carbocycles. The highest BCUT2D eigenvalue weighted by Crippen LogP contribution is 2.11. The van der Waals surface area contributed by atoms with Gasteiger partial charge in [-0.25, -0.2) is 0 Å². The Morgan fingerprint density at radius 1 is 0.289 bits per heavy atom. The summed E-state index contributed by atoms with van der Waals surface area (Å²) in [5.74, 6) is 0. The van der Waals surface area contributed by atoms with Gasteiger partial charge in [-0.3, -0.25) is 0 Å². The van der Waals surface area contributed by atoms with E-state index in [4.69, 9.17) is 10.2 Å². The highest BCUT2D eigenvalue weighted by molar-refractivity contribution is 4.82. The van der Waals surface area contributed by atoms with Gasteiger partial charge in [0.25, 0.3) is 0 Å². The van der Waals surface area contributed by atoms with Crippen molar-refractivity contribution in [2.24, 2.45) is 0 Å². The van der Waals surface area contributed by atoms with Crippen LogP contribution in [0.2, 0.25) is 0 Å². The predicted octanol–water partition coefficient (Wildman–Crippen LogP) is 11.6. The lowest BCUT2D eigenvalue weighted by atomic mass is 10.1. The summed E-state index contributed by atoms with van der Waals surface area (Å²) in [7, 11) is 0. The zero-order valence-electron chi connectivity index (χ0n) is 25.9. The van der Waals surface area contributed by atoms with Gasteiger partial charge in [-0.05, 0) is 64.2 Å². The zero-order chi connectivity index (χ0) is 28.0. The van der Waals surface area contributed by atoms with Crippen LogP contribution < -0.4 is 0 Å². The van der Waals surface area contributed by atoms with Gasteiger partial charge in [-0.1, -0.05) is 152 Å². The average molecular weight is 533 g/mol. The number of aliphatic hydroxyl groups is 2. The maximum absolute atomic E-state index is 8.58. The summed E-state index contributed by atoms with van der Waals surface area (Å²) in [5.41, 5.74) is 0. The van der Waals surface area contributed by atoms with Gasteiger partial charge in [0.15, 0.2) is 0 Å². The fraction of sp³-hybridized carbons (Fsp3) is 0.778. The molecule has 0 spiro atoms. The molecule has 2 heteroatoms. The molecular formula is C36H68O2. The molecule has 0 amide bonds. The van der Waals surface area contributed by atoms with Crippen LogP contribution in [0, 0.1) is 0 Å². The van der Waals surface area contributed by atoms with Crippen molar-refractivity contribution in [1.29, 1.82) is 0 Å². The SMILES string of the molecule is CCCC/C=C\CCCCCCCCC/C=C/CO.CCCC/C=C\CCCCCCCCC/C=C/CO. The molecule has 0 radical (unpaired) electrons. The first-order valence-corrected chi connectivity index (χ1v) is 16.6. The Morgan fingerprint density at radius 3 is 0.737 bits per heavy atom. The van der Waals surface area contributed by atoms with E-state index in [1.165, 1.54) is 141 Å². The maximum atomic E-state index is 8.58. The number of rotatable bonds is 28. The first kappa shape index (κ1) is 39.0. The monoisotopic (exact) mass is 533 g/mol. The molecule has 0 fully saturated rings. The van der Waals surface area contributed by atoms with Gasteiger partial charge in [-0.2, -0.15) is 0 Å². The minimum atomic E-state index is 0.187. The third kappa shape index (κ3) is 42.0. The zero-order valence-corrected chi connectivity index (χ0v) is 25.9. The Hall–Kier alpha value is -1.12. The molecule has 0 bridgehead atoms. The minimum absolute atomic E-state index is 0.187. The second-order valence-electron chi connectivity index (χ2n) is 10.6. The van der Waals surface area contributed by atoms with E-state index in [9.17, 15) is 0 Å². The summed E-state index contributed by atoms with van der Waals surface area (Å²) in [4.78, 5) is 0. The van der Waals surface area contributed by atoms with Gasteiger partial charge >= 0.3 is 0 Å². The topological polar surface area (TPSA) is 40.5 Å². The van der Waals surface area contributed by atoms with E-state index >= 15 is 0 Å².